The molecule has 20 heavy (non-hydrogen) atoms. The van der Waals surface area contributed by atoms with Crippen LogP contribution >= 0.6 is 0 Å². The molecule has 104 valence electrons. The quantitative estimate of drug-likeness (QED) is 0.877. The number of hydrogen-bond donors (Lipinski definition) is 2. The Morgan fingerprint density at radius 1 is 1.25 bits per heavy atom. The zero-order valence-corrected chi connectivity index (χ0v) is 11.2. The molecule has 5 nitrogen and oxygen atoms in total. The number of carbonyl (C=O) groups is 2. The van der Waals surface area contributed by atoms with Gasteiger partial charge >= 0.3 is 5.97 Å². The van der Waals surface area contributed by atoms with Gasteiger partial charge < -0.3 is 15.0 Å². The predicted octanol–water partition coefficient (Wildman–Crippen LogP) is 2.39. The maximum absolute atomic E-state index is 12.1. The third kappa shape index (κ3) is 3.26. The molecule has 1 amide bonds. The number of aryl methyl sites for hydroxylation is 1. The van der Waals surface area contributed by atoms with Crippen LogP contribution in [0.1, 0.15) is 23.0 Å². The number of amides is 1. The molecule has 1 aromatic carbocycles. The van der Waals surface area contributed by atoms with Crippen LogP contribution in [0.4, 0.5) is 5.69 Å². The van der Waals surface area contributed by atoms with Crippen molar-refractivity contribution in [2.75, 3.05) is 5.32 Å². The Balaban J connectivity index is 2.13. The van der Waals surface area contributed by atoms with Gasteiger partial charge in [-0.05, 0) is 36.8 Å². The van der Waals surface area contributed by atoms with Gasteiger partial charge in [0.2, 0.25) is 0 Å². The molecule has 0 aliphatic rings. The molecule has 0 unspecified atom stereocenters. The molecule has 0 atom stereocenters. The number of hydrogen-bond acceptors (Lipinski definition) is 2. The van der Waals surface area contributed by atoms with Crippen LogP contribution in [0.15, 0.2) is 42.6 Å². The number of carbonyl (C=O) groups excluding carboxylic acids is 1. The zero-order valence-electron chi connectivity index (χ0n) is 11.2. The second-order valence-electron chi connectivity index (χ2n) is 4.40. The van der Waals surface area contributed by atoms with Gasteiger partial charge in [0, 0.05) is 18.4 Å². The number of carboxylic acids is 1. The summed E-state index contributed by atoms with van der Waals surface area (Å²) in [5.74, 6) is -1.10. The van der Waals surface area contributed by atoms with E-state index in [4.69, 9.17) is 5.11 Å². The molecule has 0 spiro atoms. The van der Waals surface area contributed by atoms with Gasteiger partial charge in [-0.25, -0.2) is 0 Å². The highest BCUT2D eigenvalue weighted by Gasteiger charge is 2.10. The van der Waals surface area contributed by atoms with E-state index in [9.17, 15) is 9.59 Å². The third-order valence-corrected chi connectivity index (χ3v) is 2.94. The first-order valence-corrected chi connectivity index (χ1v) is 6.37. The van der Waals surface area contributed by atoms with Crippen molar-refractivity contribution in [1.29, 1.82) is 0 Å². The lowest BCUT2D eigenvalue weighted by molar-refractivity contribution is -0.136. The van der Waals surface area contributed by atoms with Crippen molar-refractivity contribution in [3.05, 3.63) is 53.9 Å². The van der Waals surface area contributed by atoms with E-state index in [1.54, 1.807) is 30.3 Å². The molecule has 2 N–H and O–H groups in total. The summed E-state index contributed by atoms with van der Waals surface area (Å²) in [6.07, 6.45) is 1.78. The largest absolute Gasteiger partial charge is 0.481 e. The molecule has 0 saturated carbocycles. The maximum Gasteiger partial charge on any atom is 0.307 e. The second-order valence-corrected chi connectivity index (χ2v) is 4.40. The van der Waals surface area contributed by atoms with Crippen LogP contribution < -0.4 is 5.32 Å². The van der Waals surface area contributed by atoms with Gasteiger partial charge in [0.05, 0.1) is 6.42 Å². The van der Waals surface area contributed by atoms with Gasteiger partial charge in [-0.2, -0.15) is 0 Å². The van der Waals surface area contributed by atoms with Crippen molar-refractivity contribution in [2.24, 2.45) is 0 Å². The van der Waals surface area contributed by atoms with Crippen LogP contribution in [0.3, 0.4) is 0 Å². The Labute approximate surface area is 116 Å². The molecular weight excluding hydrogens is 256 g/mol. The van der Waals surface area contributed by atoms with Gasteiger partial charge in [0.15, 0.2) is 0 Å². The number of benzene rings is 1. The van der Waals surface area contributed by atoms with E-state index in [0.29, 0.717) is 16.9 Å². The highest BCUT2D eigenvalue weighted by Crippen LogP contribution is 2.13. The lowest BCUT2D eigenvalue weighted by atomic mass is 10.1. The molecule has 0 saturated heterocycles. The van der Waals surface area contributed by atoms with E-state index in [-0.39, 0.29) is 12.3 Å². The average Bonchev–Trinajstić information content (AvgIpc) is 2.86. The molecule has 5 heteroatoms. The van der Waals surface area contributed by atoms with Gasteiger partial charge in [-0.15, -0.1) is 0 Å². The molecular formula is C15H16N2O3. The monoisotopic (exact) mass is 272 g/mol. The number of aromatic nitrogens is 1. The molecule has 0 radical (unpaired) electrons. The number of nitrogens with one attached hydrogen (secondary N) is 1. The van der Waals surface area contributed by atoms with Gasteiger partial charge in [0.1, 0.15) is 5.69 Å². The van der Waals surface area contributed by atoms with Crippen LogP contribution in [-0.4, -0.2) is 21.6 Å². The van der Waals surface area contributed by atoms with Crippen molar-refractivity contribution in [2.45, 2.75) is 19.9 Å². The molecule has 0 aliphatic heterocycles. The van der Waals surface area contributed by atoms with E-state index in [0.717, 1.165) is 6.54 Å². The number of carboxylic acid groups (broad SMARTS) is 1. The Kier molecular flexibility index (Phi) is 4.20. The van der Waals surface area contributed by atoms with Crippen LogP contribution in [-0.2, 0) is 17.8 Å². The molecule has 1 heterocycles. The molecule has 0 aliphatic carbocycles. The van der Waals surface area contributed by atoms with E-state index < -0.39 is 5.97 Å². The second kappa shape index (κ2) is 6.06. The van der Waals surface area contributed by atoms with Crippen molar-refractivity contribution in [1.82, 2.24) is 4.57 Å². The highest BCUT2D eigenvalue weighted by molar-refractivity contribution is 6.03. The first-order chi connectivity index (χ1) is 9.60. The van der Waals surface area contributed by atoms with Crippen LogP contribution in [0.25, 0.3) is 0 Å². The predicted molar refractivity (Wildman–Crippen MR) is 75.8 cm³/mol. The maximum atomic E-state index is 12.1. The molecule has 0 bridgehead atoms. The Bertz CT molecular complexity index is 632. The fourth-order valence-electron chi connectivity index (χ4n) is 2.02. The smallest absolute Gasteiger partial charge is 0.307 e. The fourth-order valence-corrected chi connectivity index (χ4v) is 2.02. The summed E-state index contributed by atoms with van der Waals surface area (Å²) in [4.78, 5) is 22.8. The average molecular weight is 272 g/mol. The summed E-state index contributed by atoms with van der Waals surface area (Å²) < 4.78 is 1.84. The highest BCUT2D eigenvalue weighted by atomic mass is 16.4. The van der Waals surface area contributed by atoms with Crippen LogP contribution in [0, 0.1) is 0 Å². The number of rotatable bonds is 5. The van der Waals surface area contributed by atoms with E-state index in [1.165, 1.54) is 0 Å². The fraction of sp³-hybridized carbons (Fsp3) is 0.200. The molecule has 0 fully saturated rings. The summed E-state index contributed by atoms with van der Waals surface area (Å²) in [6, 6.07) is 10.4. The van der Waals surface area contributed by atoms with E-state index in [2.05, 4.69) is 5.32 Å². The number of nitrogens with zero attached hydrogens (tertiary/aromatic N) is 1. The summed E-state index contributed by atoms with van der Waals surface area (Å²) in [5.41, 5.74) is 1.83. The Morgan fingerprint density at radius 3 is 2.75 bits per heavy atom. The third-order valence-electron chi connectivity index (χ3n) is 2.94. The van der Waals surface area contributed by atoms with Crippen LogP contribution in [0.5, 0.6) is 0 Å². The number of anilines is 1. The lowest BCUT2D eigenvalue weighted by Gasteiger charge is -2.08. The summed E-state index contributed by atoms with van der Waals surface area (Å²) in [7, 11) is 0. The van der Waals surface area contributed by atoms with Gasteiger partial charge in [-0.3, -0.25) is 9.59 Å². The normalized spacial score (nSPS) is 10.2. The lowest BCUT2D eigenvalue weighted by Crippen LogP contribution is -2.16. The van der Waals surface area contributed by atoms with E-state index in [1.807, 2.05) is 23.8 Å². The SMILES string of the molecule is CCn1cccc1C(=O)Nc1cccc(CC(=O)O)c1. The number of aliphatic carboxylic acids is 1. The van der Waals surface area contributed by atoms with Crippen molar-refractivity contribution >= 4 is 17.6 Å². The summed E-state index contributed by atoms with van der Waals surface area (Å²) >= 11 is 0. The minimum absolute atomic E-state index is 0.0605. The minimum Gasteiger partial charge on any atom is -0.481 e. The molecule has 1 aromatic heterocycles. The first-order valence-electron chi connectivity index (χ1n) is 6.37. The Hall–Kier alpha value is -2.56. The van der Waals surface area contributed by atoms with Crippen molar-refractivity contribution in [3.63, 3.8) is 0 Å². The first kappa shape index (κ1) is 13.9. The summed E-state index contributed by atoms with van der Waals surface area (Å²) in [5, 5.41) is 11.5. The summed E-state index contributed by atoms with van der Waals surface area (Å²) in [6.45, 7) is 2.68. The van der Waals surface area contributed by atoms with Gasteiger partial charge in [0.25, 0.3) is 5.91 Å². The zero-order chi connectivity index (χ0) is 14.5. The van der Waals surface area contributed by atoms with Crippen molar-refractivity contribution < 1.29 is 14.7 Å². The van der Waals surface area contributed by atoms with Crippen LogP contribution in [0.2, 0.25) is 0 Å². The molecule has 2 rings (SSSR count). The van der Waals surface area contributed by atoms with Crippen molar-refractivity contribution in [3.8, 4) is 0 Å². The topological polar surface area (TPSA) is 71.3 Å². The standard InChI is InChI=1S/C15H16N2O3/c1-2-17-8-4-7-13(17)15(20)16-12-6-3-5-11(9-12)10-14(18)19/h3-9H,2,10H2,1H3,(H,16,20)(H,18,19). The Morgan fingerprint density at radius 2 is 2.05 bits per heavy atom. The van der Waals surface area contributed by atoms with Gasteiger partial charge in [-0.1, -0.05) is 12.1 Å². The minimum atomic E-state index is -0.895. The van der Waals surface area contributed by atoms with E-state index >= 15 is 0 Å². The molecule has 2 aromatic rings.